The smallest absolute Gasteiger partial charge is 0.341 e. The minimum atomic E-state index is -1.10. The van der Waals surface area contributed by atoms with Gasteiger partial charge < -0.3 is 10.1 Å². The first-order valence-corrected chi connectivity index (χ1v) is 7.66. The second kappa shape index (κ2) is 7.23. The molecule has 0 aliphatic heterocycles. The third kappa shape index (κ3) is 4.07. The van der Waals surface area contributed by atoms with Crippen molar-refractivity contribution in [3.63, 3.8) is 0 Å². The van der Waals surface area contributed by atoms with Crippen molar-refractivity contribution in [1.29, 1.82) is 5.26 Å². The normalized spacial score (nSPS) is 17.6. The average Bonchev–Trinajstić information content (AvgIpc) is 2.55. The molecular formula is C17H19FN2O3. The predicted octanol–water partition coefficient (Wildman–Crippen LogP) is 2.71. The number of nitrogens with one attached hydrogen (secondary N) is 1. The minimum absolute atomic E-state index is 0.222. The van der Waals surface area contributed by atoms with Gasteiger partial charge in [0.2, 0.25) is 0 Å². The molecule has 1 saturated carbocycles. The lowest BCUT2D eigenvalue weighted by Gasteiger charge is -2.32. The van der Waals surface area contributed by atoms with Crippen molar-refractivity contribution in [1.82, 2.24) is 5.32 Å². The molecule has 0 unspecified atom stereocenters. The number of esters is 1. The van der Waals surface area contributed by atoms with Crippen molar-refractivity contribution < 1.29 is 18.7 Å². The van der Waals surface area contributed by atoms with E-state index in [2.05, 4.69) is 11.4 Å². The molecule has 0 saturated heterocycles. The highest BCUT2D eigenvalue weighted by molar-refractivity contribution is 5.92. The summed E-state index contributed by atoms with van der Waals surface area (Å²) in [5.41, 5.74) is -1.12. The molecule has 0 bridgehead atoms. The van der Waals surface area contributed by atoms with Crippen LogP contribution in [0.5, 0.6) is 0 Å². The van der Waals surface area contributed by atoms with Crippen LogP contribution in [0.1, 0.15) is 49.4 Å². The number of hydrogen-bond donors (Lipinski definition) is 1. The van der Waals surface area contributed by atoms with Gasteiger partial charge in [-0.3, -0.25) is 4.79 Å². The first-order valence-electron chi connectivity index (χ1n) is 7.66. The van der Waals surface area contributed by atoms with Gasteiger partial charge in [-0.15, -0.1) is 0 Å². The molecule has 1 aromatic carbocycles. The highest BCUT2D eigenvalue weighted by Crippen LogP contribution is 2.27. The fourth-order valence-electron chi connectivity index (χ4n) is 2.66. The number of carbonyl (C=O) groups excluding carboxylic acids is 2. The van der Waals surface area contributed by atoms with Crippen LogP contribution in [0.25, 0.3) is 0 Å². The van der Waals surface area contributed by atoms with Gasteiger partial charge in [0.15, 0.2) is 6.10 Å². The predicted molar refractivity (Wildman–Crippen MR) is 80.8 cm³/mol. The van der Waals surface area contributed by atoms with Crippen LogP contribution in [0.3, 0.4) is 0 Å². The topological polar surface area (TPSA) is 79.2 Å². The molecule has 5 nitrogen and oxygen atoms in total. The van der Waals surface area contributed by atoms with Crippen LogP contribution >= 0.6 is 0 Å². The van der Waals surface area contributed by atoms with Gasteiger partial charge in [-0.2, -0.15) is 5.26 Å². The van der Waals surface area contributed by atoms with Gasteiger partial charge in [0.25, 0.3) is 5.91 Å². The SMILES string of the molecule is C[C@H](OC(=O)c1ccccc1F)C(=O)NC1(C#N)CCCCC1. The summed E-state index contributed by atoms with van der Waals surface area (Å²) in [6.45, 7) is 1.40. The first-order chi connectivity index (χ1) is 11.0. The van der Waals surface area contributed by atoms with E-state index in [0.717, 1.165) is 25.3 Å². The molecule has 1 atom stereocenters. The monoisotopic (exact) mass is 318 g/mol. The first kappa shape index (κ1) is 16.9. The van der Waals surface area contributed by atoms with E-state index in [0.29, 0.717) is 12.8 Å². The van der Waals surface area contributed by atoms with Crippen molar-refractivity contribution in [3.05, 3.63) is 35.6 Å². The molecule has 1 N–H and O–H groups in total. The Kier molecular flexibility index (Phi) is 5.32. The molecule has 2 rings (SSSR count). The van der Waals surface area contributed by atoms with Crippen LogP contribution in [0, 0.1) is 17.1 Å². The maximum Gasteiger partial charge on any atom is 0.341 e. The zero-order valence-corrected chi connectivity index (χ0v) is 13.0. The van der Waals surface area contributed by atoms with Crippen molar-refractivity contribution in [3.8, 4) is 6.07 Å². The van der Waals surface area contributed by atoms with Gasteiger partial charge in [0, 0.05) is 0 Å². The van der Waals surface area contributed by atoms with E-state index in [4.69, 9.17) is 4.74 Å². The molecular weight excluding hydrogens is 299 g/mol. The quantitative estimate of drug-likeness (QED) is 0.866. The summed E-state index contributed by atoms with van der Waals surface area (Å²) < 4.78 is 18.5. The fourth-order valence-corrected chi connectivity index (χ4v) is 2.66. The van der Waals surface area contributed by atoms with Gasteiger partial charge >= 0.3 is 5.97 Å². The number of halogens is 1. The van der Waals surface area contributed by atoms with E-state index in [1.807, 2.05) is 0 Å². The summed E-state index contributed by atoms with van der Waals surface area (Å²) >= 11 is 0. The number of rotatable bonds is 4. The van der Waals surface area contributed by atoms with Crippen molar-refractivity contribution in [2.75, 3.05) is 0 Å². The molecule has 0 aromatic heterocycles. The Morgan fingerprint density at radius 2 is 1.96 bits per heavy atom. The van der Waals surface area contributed by atoms with Crippen LogP contribution in [0.15, 0.2) is 24.3 Å². The largest absolute Gasteiger partial charge is 0.449 e. The summed E-state index contributed by atoms with van der Waals surface area (Å²) in [6.07, 6.45) is 2.85. The van der Waals surface area contributed by atoms with Gasteiger partial charge in [-0.05, 0) is 31.9 Å². The van der Waals surface area contributed by atoms with E-state index in [-0.39, 0.29) is 5.56 Å². The third-order valence-electron chi connectivity index (χ3n) is 4.03. The maximum atomic E-state index is 13.5. The zero-order chi connectivity index (χ0) is 16.9. The van der Waals surface area contributed by atoms with E-state index in [1.54, 1.807) is 0 Å². The second-order valence-electron chi connectivity index (χ2n) is 5.77. The molecule has 1 amide bonds. The number of benzene rings is 1. The Labute approximate surface area is 134 Å². The molecule has 122 valence electrons. The summed E-state index contributed by atoms with van der Waals surface area (Å²) in [7, 11) is 0. The molecule has 1 fully saturated rings. The molecule has 0 spiro atoms. The number of nitrogens with zero attached hydrogens (tertiary/aromatic N) is 1. The molecule has 23 heavy (non-hydrogen) atoms. The zero-order valence-electron chi connectivity index (χ0n) is 13.0. The summed E-state index contributed by atoms with van der Waals surface area (Å²) in [5, 5.41) is 12.0. The summed E-state index contributed by atoms with van der Waals surface area (Å²) in [5.74, 6) is -2.15. The average molecular weight is 318 g/mol. The molecule has 1 aliphatic carbocycles. The van der Waals surface area contributed by atoms with E-state index in [1.165, 1.54) is 25.1 Å². The number of amides is 1. The van der Waals surface area contributed by atoms with Crippen LogP contribution in [-0.4, -0.2) is 23.5 Å². The third-order valence-corrected chi connectivity index (χ3v) is 4.03. The van der Waals surface area contributed by atoms with E-state index < -0.39 is 29.3 Å². The van der Waals surface area contributed by atoms with Crippen LogP contribution in [-0.2, 0) is 9.53 Å². The van der Waals surface area contributed by atoms with Gasteiger partial charge in [0.05, 0.1) is 11.6 Å². The lowest BCUT2D eigenvalue weighted by Crippen LogP contribution is -2.52. The van der Waals surface area contributed by atoms with Crippen LogP contribution in [0.2, 0.25) is 0 Å². The van der Waals surface area contributed by atoms with Gasteiger partial charge in [0.1, 0.15) is 11.4 Å². The Bertz CT molecular complexity index is 633. The van der Waals surface area contributed by atoms with Crippen LogP contribution in [0.4, 0.5) is 4.39 Å². The Hall–Kier alpha value is -2.42. The standard InChI is InChI=1S/C17H19FN2O3/c1-12(23-16(22)13-7-3-4-8-14(13)18)15(21)20-17(11-19)9-5-2-6-10-17/h3-4,7-8,12H,2,5-6,9-10H2,1H3,(H,20,21)/t12-/m0/s1. The number of nitriles is 1. The highest BCUT2D eigenvalue weighted by atomic mass is 19.1. The Morgan fingerprint density at radius 3 is 2.57 bits per heavy atom. The van der Waals surface area contributed by atoms with Crippen molar-refractivity contribution in [2.45, 2.75) is 50.7 Å². The summed E-state index contributed by atoms with van der Waals surface area (Å²) in [6, 6.07) is 7.57. The molecule has 0 heterocycles. The second-order valence-corrected chi connectivity index (χ2v) is 5.77. The number of carbonyl (C=O) groups is 2. The number of hydrogen-bond acceptors (Lipinski definition) is 4. The lowest BCUT2D eigenvalue weighted by atomic mass is 9.83. The lowest BCUT2D eigenvalue weighted by molar-refractivity contribution is -0.130. The van der Waals surface area contributed by atoms with E-state index >= 15 is 0 Å². The van der Waals surface area contributed by atoms with Crippen LogP contribution < -0.4 is 5.32 Å². The molecule has 1 aliphatic rings. The van der Waals surface area contributed by atoms with Crippen molar-refractivity contribution >= 4 is 11.9 Å². The molecule has 1 aromatic rings. The Balaban J connectivity index is 1.99. The van der Waals surface area contributed by atoms with Crippen molar-refractivity contribution in [2.24, 2.45) is 0 Å². The molecule has 6 heteroatoms. The summed E-state index contributed by atoms with van der Waals surface area (Å²) in [4.78, 5) is 24.1. The Morgan fingerprint density at radius 1 is 1.30 bits per heavy atom. The number of ether oxygens (including phenoxy) is 1. The van der Waals surface area contributed by atoms with Gasteiger partial charge in [-0.1, -0.05) is 31.4 Å². The fraction of sp³-hybridized carbons (Fsp3) is 0.471. The molecule has 0 radical (unpaired) electrons. The van der Waals surface area contributed by atoms with E-state index in [9.17, 15) is 19.2 Å². The minimum Gasteiger partial charge on any atom is -0.449 e. The maximum absolute atomic E-state index is 13.5. The van der Waals surface area contributed by atoms with Gasteiger partial charge in [-0.25, -0.2) is 9.18 Å². The highest BCUT2D eigenvalue weighted by Gasteiger charge is 2.35.